The summed E-state index contributed by atoms with van der Waals surface area (Å²) < 4.78 is 5.32. The number of rotatable bonds is 2. The molecule has 0 N–H and O–H groups in total. The number of hydrogen-bond acceptors (Lipinski definition) is 2. The minimum atomic E-state index is 0.377. The van der Waals surface area contributed by atoms with Gasteiger partial charge in [-0.2, -0.15) is 0 Å². The van der Waals surface area contributed by atoms with Gasteiger partial charge in [0.05, 0.1) is 18.8 Å². The van der Waals surface area contributed by atoms with E-state index in [1.807, 2.05) is 0 Å². The maximum atomic E-state index is 5.32. The van der Waals surface area contributed by atoms with Gasteiger partial charge in [0.15, 0.2) is 0 Å². The molecule has 2 nitrogen and oxygen atoms in total. The predicted molar refractivity (Wildman–Crippen MR) is 58.4 cm³/mol. The van der Waals surface area contributed by atoms with Gasteiger partial charge in [-0.05, 0) is 44.7 Å². The van der Waals surface area contributed by atoms with Gasteiger partial charge in [0.25, 0.3) is 0 Å². The molecule has 0 bridgehead atoms. The minimum absolute atomic E-state index is 0.377. The predicted octanol–water partition coefficient (Wildman–Crippen LogP) is 2.14. The molecule has 0 amide bonds. The van der Waals surface area contributed by atoms with E-state index in [1.54, 1.807) is 0 Å². The second-order valence-corrected chi connectivity index (χ2v) is 5.56. The molecule has 82 valence electrons. The first-order valence-electron chi connectivity index (χ1n) is 5.95. The third-order valence-corrected chi connectivity index (χ3v) is 4.07. The van der Waals surface area contributed by atoms with Crippen LogP contribution >= 0.6 is 0 Å². The lowest BCUT2D eigenvalue weighted by molar-refractivity contribution is -0.139. The van der Waals surface area contributed by atoms with E-state index in [4.69, 9.17) is 4.74 Å². The Morgan fingerprint density at radius 3 is 2.14 bits per heavy atom. The summed E-state index contributed by atoms with van der Waals surface area (Å²) in [6.07, 6.45) is 2.76. The lowest BCUT2D eigenvalue weighted by atomic mass is 9.84. The Balaban J connectivity index is 1.84. The molecule has 0 aromatic heterocycles. The van der Waals surface area contributed by atoms with E-state index in [0.29, 0.717) is 5.54 Å². The molecule has 2 heterocycles. The van der Waals surface area contributed by atoms with Gasteiger partial charge in [0.2, 0.25) is 0 Å². The van der Waals surface area contributed by atoms with Crippen LogP contribution in [0.15, 0.2) is 0 Å². The Morgan fingerprint density at radius 2 is 1.79 bits per heavy atom. The highest BCUT2D eigenvalue weighted by Crippen LogP contribution is 2.31. The Labute approximate surface area is 87.6 Å². The summed E-state index contributed by atoms with van der Waals surface area (Å²) in [6, 6.07) is 0. The smallest absolute Gasteiger partial charge is 0.0671 e. The maximum absolute atomic E-state index is 5.32. The van der Waals surface area contributed by atoms with E-state index in [0.717, 1.165) is 25.0 Å². The second-order valence-electron chi connectivity index (χ2n) is 5.56. The van der Waals surface area contributed by atoms with Gasteiger partial charge in [-0.25, -0.2) is 0 Å². The fourth-order valence-electron chi connectivity index (χ4n) is 2.69. The monoisotopic (exact) mass is 197 g/mol. The van der Waals surface area contributed by atoms with Crippen LogP contribution in [0.25, 0.3) is 0 Å². The van der Waals surface area contributed by atoms with E-state index in [2.05, 4.69) is 25.7 Å². The van der Waals surface area contributed by atoms with Crippen LogP contribution in [0.5, 0.6) is 0 Å². The van der Waals surface area contributed by atoms with E-state index >= 15 is 0 Å². The van der Waals surface area contributed by atoms with E-state index in [9.17, 15) is 0 Å². The molecule has 2 fully saturated rings. The molecule has 0 aliphatic carbocycles. The summed E-state index contributed by atoms with van der Waals surface area (Å²) in [4.78, 5) is 2.63. The minimum Gasteiger partial charge on any atom is -0.377 e. The van der Waals surface area contributed by atoms with Gasteiger partial charge >= 0.3 is 0 Å². The topological polar surface area (TPSA) is 12.5 Å². The highest BCUT2D eigenvalue weighted by molar-refractivity contribution is 4.94. The van der Waals surface area contributed by atoms with Crippen LogP contribution in [-0.2, 0) is 4.74 Å². The summed E-state index contributed by atoms with van der Waals surface area (Å²) in [6.45, 7) is 11.5. The summed E-state index contributed by atoms with van der Waals surface area (Å²) in [5.41, 5.74) is 0.377. The van der Waals surface area contributed by atoms with Crippen molar-refractivity contribution >= 4 is 0 Å². The van der Waals surface area contributed by atoms with Crippen LogP contribution in [-0.4, -0.2) is 36.7 Å². The summed E-state index contributed by atoms with van der Waals surface area (Å²) in [5, 5.41) is 0. The van der Waals surface area contributed by atoms with Crippen molar-refractivity contribution in [2.45, 2.75) is 39.2 Å². The molecule has 2 aliphatic rings. The summed E-state index contributed by atoms with van der Waals surface area (Å²) >= 11 is 0. The van der Waals surface area contributed by atoms with Crippen LogP contribution in [0.1, 0.15) is 33.6 Å². The van der Waals surface area contributed by atoms with Crippen LogP contribution < -0.4 is 0 Å². The zero-order valence-electron chi connectivity index (χ0n) is 9.75. The Bertz CT molecular complexity index is 190. The van der Waals surface area contributed by atoms with Crippen LogP contribution in [0.3, 0.4) is 0 Å². The van der Waals surface area contributed by atoms with E-state index in [-0.39, 0.29) is 0 Å². The third-order valence-electron chi connectivity index (χ3n) is 4.07. The largest absolute Gasteiger partial charge is 0.377 e. The number of hydrogen-bond donors (Lipinski definition) is 0. The van der Waals surface area contributed by atoms with Gasteiger partial charge in [-0.15, -0.1) is 0 Å². The average molecular weight is 197 g/mol. The molecule has 14 heavy (non-hydrogen) atoms. The molecular formula is C12H23NO. The second kappa shape index (κ2) is 3.82. The number of ether oxygens (including phenoxy) is 1. The normalized spacial score (nSPS) is 29.1. The lowest BCUT2D eigenvalue weighted by Crippen LogP contribution is -2.61. The molecular weight excluding hydrogens is 174 g/mol. The maximum Gasteiger partial charge on any atom is 0.0671 e. The van der Waals surface area contributed by atoms with Crippen molar-refractivity contribution in [3.05, 3.63) is 0 Å². The molecule has 0 saturated carbocycles. The molecule has 0 unspecified atom stereocenters. The average Bonchev–Trinajstić information content (AvgIpc) is 2.14. The van der Waals surface area contributed by atoms with Gasteiger partial charge < -0.3 is 4.74 Å². The number of nitrogens with zero attached hydrogens (tertiary/aromatic N) is 1. The third kappa shape index (κ3) is 1.82. The highest BCUT2D eigenvalue weighted by Gasteiger charge is 2.40. The van der Waals surface area contributed by atoms with Gasteiger partial charge in [-0.3, -0.25) is 4.90 Å². The Kier molecular flexibility index (Phi) is 2.85. The quantitative estimate of drug-likeness (QED) is 0.672. The molecule has 2 rings (SSSR count). The van der Waals surface area contributed by atoms with Crippen molar-refractivity contribution in [3.8, 4) is 0 Å². The van der Waals surface area contributed by atoms with E-state index in [1.165, 1.54) is 25.9 Å². The van der Waals surface area contributed by atoms with Crippen molar-refractivity contribution in [3.63, 3.8) is 0 Å². The van der Waals surface area contributed by atoms with Crippen molar-refractivity contribution in [2.24, 2.45) is 11.8 Å². The standard InChI is InChI=1S/C12H23NO/c1-10(2)11-4-6-13(7-5-11)12(3)8-14-9-12/h10-11H,4-9H2,1-3H3. The summed E-state index contributed by atoms with van der Waals surface area (Å²) in [5.74, 6) is 1.82. The molecule has 2 heteroatoms. The van der Waals surface area contributed by atoms with E-state index < -0.39 is 0 Å². The zero-order valence-corrected chi connectivity index (χ0v) is 9.75. The first-order valence-corrected chi connectivity index (χ1v) is 5.95. The van der Waals surface area contributed by atoms with Crippen molar-refractivity contribution in [2.75, 3.05) is 26.3 Å². The fraction of sp³-hybridized carbons (Fsp3) is 1.00. The van der Waals surface area contributed by atoms with Crippen LogP contribution in [0.4, 0.5) is 0 Å². The zero-order chi connectivity index (χ0) is 10.2. The number of likely N-dealkylation sites (tertiary alicyclic amines) is 1. The highest BCUT2D eigenvalue weighted by atomic mass is 16.5. The molecule has 2 saturated heterocycles. The van der Waals surface area contributed by atoms with Gasteiger partial charge in [-0.1, -0.05) is 13.8 Å². The van der Waals surface area contributed by atoms with Crippen LogP contribution in [0.2, 0.25) is 0 Å². The first-order chi connectivity index (χ1) is 6.62. The lowest BCUT2D eigenvalue weighted by Gasteiger charge is -2.50. The molecule has 2 aliphatic heterocycles. The number of piperidine rings is 1. The molecule has 0 radical (unpaired) electrons. The van der Waals surface area contributed by atoms with Crippen LogP contribution in [0, 0.1) is 11.8 Å². The van der Waals surface area contributed by atoms with Crippen molar-refractivity contribution in [1.29, 1.82) is 0 Å². The first kappa shape index (κ1) is 10.4. The summed E-state index contributed by atoms with van der Waals surface area (Å²) in [7, 11) is 0. The fourth-order valence-corrected chi connectivity index (χ4v) is 2.69. The molecule has 0 spiro atoms. The molecule has 0 aromatic rings. The van der Waals surface area contributed by atoms with Gasteiger partial charge in [0, 0.05) is 0 Å². The molecule has 0 aromatic carbocycles. The Hall–Kier alpha value is -0.0800. The van der Waals surface area contributed by atoms with Crippen molar-refractivity contribution in [1.82, 2.24) is 4.90 Å². The van der Waals surface area contributed by atoms with Crippen molar-refractivity contribution < 1.29 is 4.74 Å². The SMILES string of the molecule is CC(C)C1CCN(C2(C)COC2)CC1. The van der Waals surface area contributed by atoms with Gasteiger partial charge in [0.1, 0.15) is 0 Å². The Morgan fingerprint density at radius 1 is 1.21 bits per heavy atom. The molecule has 0 atom stereocenters.